The number of likely N-dealkylation sites (tertiary alicyclic amines) is 1. The molecule has 2 rings (SSSR count). The summed E-state index contributed by atoms with van der Waals surface area (Å²) in [5, 5.41) is 9.32. The Hall–Kier alpha value is -2.02. The second kappa shape index (κ2) is 6.62. The standard InChI is InChI=1S/C17H23N3O/c1-4-7-20-13(2)10-15(14(20)3)11-16(12-18)17(21)19-8-5-6-9-19/h10-11H,4-9H2,1-3H3/b16-11-. The molecule has 0 radical (unpaired) electrons. The molecule has 1 aromatic rings. The molecule has 1 aliphatic rings. The van der Waals surface area contributed by atoms with Gasteiger partial charge in [-0.15, -0.1) is 0 Å². The van der Waals surface area contributed by atoms with Crippen molar-refractivity contribution in [1.29, 1.82) is 5.26 Å². The second-order valence-electron chi connectivity index (χ2n) is 5.65. The number of carbonyl (C=O) groups excluding carboxylic acids is 1. The molecular weight excluding hydrogens is 262 g/mol. The molecule has 1 amide bonds. The molecule has 4 heteroatoms. The number of aromatic nitrogens is 1. The fourth-order valence-electron chi connectivity index (χ4n) is 2.93. The zero-order chi connectivity index (χ0) is 15.4. The van der Waals surface area contributed by atoms with Crippen molar-refractivity contribution in [3.05, 3.63) is 28.6 Å². The number of amides is 1. The minimum absolute atomic E-state index is 0.129. The Morgan fingerprint density at radius 3 is 2.62 bits per heavy atom. The van der Waals surface area contributed by atoms with Crippen molar-refractivity contribution >= 4 is 12.0 Å². The van der Waals surface area contributed by atoms with E-state index in [0.717, 1.165) is 50.2 Å². The maximum atomic E-state index is 12.3. The van der Waals surface area contributed by atoms with Crippen LogP contribution in [0.25, 0.3) is 6.08 Å². The molecule has 0 aromatic carbocycles. The minimum atomic E-state index is -0.129. The minimum Gasteiger partial charge on any atom is -0.349 e. The van der Waals surface area contributed by atoms with E-state index in [0.29, 0.717) is 0 Å². The van der Waals surface area contributed by atoms with Gasteiger partial charge in [0.15, 0.2) is 0 Å². The topological polar surface area (TPSA) is 49.0 Å². The zero-order valence-electron chi connectivity index (χ0n) is 13.1. The SMILES string of the molecule is CCCn1c(C)cc(/C=C(/C#N)C(=O)N2CCCC2)c1C. The maximum Gasteiger partial charge on any atom is 0.264 e. The number of rotatable bonds is 4. The van der Waals surface area contributed by atoms with Gasteiger partial charge in [0.1, 0.15) is 11.6 Å². The Balaban J connectivity index is 2.30. The van der Waals surface area contributed by atoms with Crippen LogP contribution in [-0.4, -0.2) is 28.5 Å². The summed E-state index contributed by atoms with van der Waals surface area (Å²) in [4.78, 5) is 14.1. The normalized spacial score (nSPS) is 15.3. The first-order valence-corrected chi connectivity index (χ1v) is 7.66. The number of hydrogen-bond acceptors (Lipinski definition) is 2. The number of carbonyl (C=O) groups is 1. The lowest BCUT2D eigenvalue weighted by Gasteiger charge is -2.14. The summed E-state index contributed by atoms with van der Waals surface area (Å²) in [7, 11) is 0. The van der Waals surface area contributed by atoms with E-state index in [-0.39, 0.29) is 11.5 Å². The van der Waals surface area contributed by atoms with Gasteiger partial charge in [-0.05, 0) is 50.8 Å². The molecule has 1 saturated heterocycles. The number of nitriles is 1. The Labute approximate surface area is 126 Å². The molecule has 2 heterocycles. The van der Waals surface area contributed by atoms with Crippen LogP contribution in [0.1, 0.15) is 43.1 Å². The van der Waals surface area contributed by atoms with Gasteiger partial charge in [0, 0.05) is 31.0 Å². The summed E-state index contributed by atoms with van der Waals surface area (Å²) in [6, 6.07) is 4.13. The van der Waals surface area contributed by atoms with Crippen LogP contribution in [0.15, 0.2) is 11.6 Å². The molecule has 0 saturated carbocycles. The lowest BCUT2D eigenvalue weighted by Crippen LogP contribution is -2.28. The fraction of sp³-hybridized carbons (Fsp3) is 0.529. The summed E-state index contributed by atoms with van der Waals surface area (Å²) in [6.07, 6.45) is 4.89. The van der Waals surface area contributed by atoms with Crippen molar-refractivity contribution in [2.24, 2.45) is 0 Å². The number of hydrogen-bond donors (Lipinski definition) is 0. The predicted octanol–water partition coefficient (Wildman–Crippen LogP) is 3.04. The molecule has 0 bridgehead atoms. The van der Waals surface area contributed by atoms with Gasteiger partial charge in [-0.2, -0.15) is 5.26 Å². The second-order valence-corrected chi connectivity index (χ2v) is 5.65. The van der Waals surface area contributed by atoms with Gasteiger partial charge in [-0.25, -0.2) is 0 Å². The van der Waals surface area contributed by atoms with Gasteiger partial charge in [0.25, 0.3) is 5.91 Å². The van der Waals surface area contributed by atoms with Crippen LogP contribution < -0.4 is 0 Å². The monoisotopic (exact) mass is 285 g/mol. The molecule has 0 atom stereocenters. The van der Waals surface area contributed by atoms with Crippen molar-refractivity contribution in [3.63, 3.8) is 0 Å². The smallest absolute Gasteiger partial charge is 0.264 e. The van der Waals surface area contributed by atoms with Gasteiger partial charge in [0.05, 0.1) is 0 Å². The Morgan fingerprint density at radius 1 is 1.38 bits per heavy atom. The summed E-state index contributed by atoms with van der Waals surface area (Å²) < 4.78 is 2.24. The largest absolute Gasteiger partial charge is 0.349 e. The van der Waals surface area contributed by atoms with Crippen molar-refractivity contribution in [1.82, 2.24) is 9.47 Å². The molecule has 21 heavy (non-hydrogen) atoms. The van der Waals surface area contributed by atoms with Gasteiger partial charge in [-0.1, -0.05) is 6.92 Å². The van der Waals surface area contributed by atoms with Gasteiger partial charge in [-0.3, -0.25) is 4.79 Å². The van der Waals surface area contributed by atoms with Gasteiger partial charge < -0.3 is 9.47 Å². The highest BCUT2D eigenvalue weighted by molar-refractivity contribution is 6.01. The molecule has 1 aromatic heterocycles. The first-order chi connectivity index (χ1) is 10.1. The van der Waals surface area contributed by atoms with Crippen LogP contribution in [0, 0.1) is 25.2 Å². The lowest BCUT2D eigenvalue weighted by atomic mass is 10.1. The van der Waals surface area contributed by atoms with E-state index >= 15 is 0 Å². The maximum absolute atomic E-state index is 12.3. The van der Waals surface area contributed by atoms with Crippen LogP contribution in [0.3, 0.4) is 0 Å². The van der Waals surface area contributed by atoms with Gasteiger partial charge >= 0.3 is 0 Å². The highest BCUT2D eigenvalue weighted by atomic mass is 16.2. The molecule has 0 N–H and O–H groups in total. The van der Waals surface area contributed by atoms with E-state index in [9.17, 15) is 10.1 Å². The van der Waals surface area contributed by atoms with E-state index in [1.165, 1.54) is 5.69 Å². The molecular formula is C17H23N3O. The summed E-state index contributed by atoms with van der Waals surface area (Å²) >= 11 is 0. The lowest BCUT2D eigenvalue weighted by molar-refractivity contribution is -0.125. The molecule has 0 spiro atoms. The van der Waals surface area contributed by atoms with Crippen molar-refractivity contribution in [2.45, 2.75) is 46.6 Å². The van der Waals surface area contributed by atoms with E-state index in [1.54, 1.807) is 11.0 Å². The summed E-state index contributed by atoms with van der Waals surface area (Å²) in [6.45, 7) is 8.76. The van der Waals surface area contributed by atoms with Crippen molar-refractivity contribution in [3.8, 4) is 6.07 Å². The Morgan fingerprint density at radius 2 is 2.05 bits per heavy atom. The zero-order valence-corrected chi connectivity index (χ0v) is 13.1. The van der Waals surface area contributed by atoms with E-state index < -0.39 is 0 Å². The third kappa shape index (κ3) is 3.18. The third-order valence-electron chi connectivity index (χ3n) is 4.10. The highest BCUT2D eigenvalue weighted by Gasteiger charge is 2.22. The summed E-state index contributed by atoms with van der Waals surface area (Å²) in [5.74, 6) is -0.129. The van der Waals surface area contributed by atoms with Crippen LogP contribution in [-0.2, 0) is 11.3 Å². The first-order valence-electron chi connectivity index (χ1n) is 7.66. The third-order valence-corrected chi connectivity index (χ3v) is 4.10. The quantitative estimate of drug-likeness (QED) is 0.630. The predicted molar refractivity (Wildman–Crippen MR) is 83.6 cm³/mol. The van der Waals surface area contributed by atoms with Crippen molar-refractivity contribution in [2.75, 3.05) is 13.1 Å². The molecule has 0 unspecified atom stereocenters. The van der Waals surface area contributed by atoms with Crippen LogP contribution >= 0.6 is 0 Å². The van der Waals surface area contributed by atoms with E-state index in [4.69, 9.17) is 0 Å². The van der Waals surface area contributed by atoms with E-state index in [1.807, 2.05) is 6.92 Å². The van der Waals surface area contributed by atoms with Crippen LogP contribution in [0.2, 0.25) is 0 Å². The van der Waals surface area contributed by atoms with Gasteiger partial charge in [0.2, 0.25) is 0 Å². The van der Waals surface area contributed by atoms with Crippen LogP contribution in [0.4, 0.5) is 0 Å². The van der Waals surface area contributed by atoms with E-state index in [2.05, 4.69) is 30.6 Å². The van der Waals surface area contributed by atoms with Crippen LogP contribution in [0.5, 0.6) is 0 Å². The molecule has 4 nitrogen and oxygen atoms in total. The average molecular weight is 285 g/mol. The first kappa shape index (κ1) is 15.4. The number of nitrogens with zero attached hydrogens (tertiary/aromatic N) is 3. The highest BCUT2D eigenvalue weighted by Crippen LogP contribution is 2.20. The fourth-order valence-corrected chi connectivity index (χ4v) is 2.93. The average Bonchev–Trinajstić information content (AvgIpc) is 3.08. The molecule has 1 aliphatic heterocycles. The molecule has 0 aliphatic carbocycles. The molecule has 112 valence electrons. The number of aryl methyl sites for hydroxylation is 1. The Kier molecular flexibility index (Phi) is 4.85. The van der Waals surface area contributed by atoms with Crippen molar-refractivity contribution < 1.29 is 4.79 Å². The summed E-state index contributed by atoms with van der Waals surface area (Å²) in [5.41, 5.74) is 3.52. The molecule has 1 fully saturated rings. The Bertz CT molecular complexity index is 598.